The minimum Gasteiger partial charge on any atom is -0.483 e. The third-order valence-electron chi connectivity index (χ3n) is 3.08. The first-order chi connectivity index (χ1) is 8.99. The number of benzene rings is 2. The maximum atomic E-state index is 11.4. The number of Topliss-reactive ketones (excluding diaryl/α,β-unsaturated/α-hetero) is 1. The molecule has 0 bridgehead atoms. The van der Waals surface area contributed by atoms with Crippen LogP contribution in [-0.2, 0) is 5.60 Å². The van der Waals surface area contributed by atoms with Crippen LogP contribution in [0.3, 0.4) is 0 Å². The molecule has 0 unspecified atom stereocenters. The van der Waals surface area contributed by atoms with Gasteiger partial charge in [-0.1, -0.05) is 42.5 Å². The number of ether oxygens (including phenoxy) is 1. The Morgan fingerprint density at radius 1 is 1.00 bits per heavy atom. The van der Waals surface area contributed by atoms with E-state index in [0.29, 0.717) is 11.3 Å². The van der Waals surface area contributed by atoms with E-state index in [4.69, 9.17) is 4.74 Å². The fraction of sp³-hybridized carbons (Fsp3) is 0.235. The largest absolute Gasteiger partial charge is 0.483 e. The molecule has 0 radical (unpaired) electrons. The molecule has 0 amide bonds. The Hall–Kier alpha value is -2.09. The van der Waals surface area contributed by atoms with Gasteiger partial charge in [0.25, 0.3) is 0 Å². The maximum absolute atomic E-state index is 11.4. The summed E-state index contributed by atoms with van der Waals surface area (Å²) in [5, 5.41) is 0. The summed E-state index contributed by atoms with van der Waals surface area (Å²) in [4.78, 5) is 11.4. The van der Waals surface area contributed by atoms with Gasteiger partial charge in [0.15, 0.2) is 5.78 Å². The Kier molecular flexibility index (Phi) is 3.70. The number of ketones is 1. The topological polar surface area (TPSA) is 26.3 Å². The third-order valence-corrected chi connectivity index (χ3v) is 3.08. The number of hydrogen-bond donors (Lipinski definition) is 0. The highest BCUT2D eigenvalue weighted by molar-refractivity contribution is 5.94. The van der Waals surface area contributed by atoms with Gasteiger partial charge in [-0.05, 0) is 38.5 Å². The second kappa shape index (κ2) is 5.27. The summed E-state index contributed by atoms with van der Waals surface area (Å²) in [6.07, 6.45) is 0. The summed E-state index contributed by atoms with van der Waals surface area (Å²) in [5.74, 6) is 0.754. The lowest BCUT2D eigenvalue weighted by Crippen LogP contribution is -2.25. The highest BCUT2D eigenvalue weighted by atomic mass is 16.5. The van der Waals surface area contributed by atoms with Gasteiger partial charge >= 0.3 is 0 Å². The Balaban J connectivity index is 2.25. The van der Waals surface area contributed by atoms with Crippen molar-refractivity contribution >= 4 is 5.78 Å². The fourth-order valence-electron chi connectivity index (χ4n) is 1.97. The Morgan fingerprint density at radius 2 is 1.68 bits per heavy atom. The molecule has 2 rings (SSSR count). The molecular weight excluding hydrogens is 236 g/mol. The van der Waals surface area contributed by atoms with Crippen molar-refractivity contribution in [3.05, 3.63) is 65.7 Å². The van der Waals surface area contributed by atoms with E-state index < -0.39 is 5.60 Å². The van der Waals surface area contributed by atoms with Crippen molar-refractivity contribution in [1.82, 2.24) is 0 Å². The molecule has 0 aliphatic rings. The SMILES string of the molecule is CC(=O)c1cccc(OC(C)(C)c2ccccc2)c1. The predicted octanol–water partition coefficient (Wildman–Crippen LogP) is 4.20. The van der Waals surface area contributed by atoms with Crippen LogP contribution in [-0.4, -0.2) is 5.78 Å². The summed E-state index contributed by atoms with van der Waals surface area (Å²) in [6.45, 7) is 5.59. The van der Waals surface area contributed by atoms with Gasteiger partial charge in [-0.2, -0.15) is 0 Å². The summed E-state index contributed by atoms with van der Waals surface area (Å²) < 4.78 is 6.03. The second-order valence-electron chi connectivity index (χ2n) is 5.06. The smallest absolute Gasteiger partial charge is 0.159 e. The van der Waals surface area contributed by atoms with Crippen LogP contribution < -0.4 is 4.74 Å². The van der Waals surface area contributed by atoms with E-state index in [-0.39, 0.29) is 5.78 Å². The molecule has 19 heavy (non-hydrogen) atoms. The van der Waals surface area contributed by atoms with Crippen molar-refractivity contribution < 1.29 is 9.53 Å². The van der Waals surface area contributed by atoms with Crippen LogP contribution >= 0.6 is 0 Å². The molecule has 2 aromatic rings. The van der Waals surface area contributed by atoms with Gasteiger partial charge in [-0.25, -0.2) is 0 Å². The summed E-state index contributed by atoms with van der Waals surface area (Å²) in [6, 6.07) is 17.3. The van der Waals surface area contributed by atoms with Crippen LogP contribution in [0.2, 0.25) is 0 Å². The number of carbonyl (C=O) groups is 1. The quantitative estimate of drug-likeness (QED) is 0.764. The monoisotopic (exact) mass is 254 g/mol. The zero-order valence-electron chi connectivity index (χ0n) is 11.5. The third kappa shape index (κ3) is 3.22. The first kappa shape index (κ1) is 13.3. The molecular formula is C17H18O2. The summed E-state index contributed by atoms with van der Waals surface area (Å²) in [5.41, 5.74) is 1.33. The molecule has 0 heterocycles. The second-order valence-corrected chi connectivity index (χ2v) is 5.06. The van der Waals surface area contributed by atoms with Crippen molar-refractivity contribution in [2.45, 2.75) is 26.4 Å². The lowest BCUT2D eigenvalue weighted by atomic mass is 9.98. The van der Waals surface area contributed by atoms with Gasteiger partial charge in [0.1, 0.15) is 11.4 Å². The van der Waals surface area contributed by atoms with Gasteiger partial charge in [0, 0.05) is 5.56 Å². The molecule has 98 valence electrons. The van der Waals surface area contributed by atoms with Crippen molar-refractivity contribution in [2.24, 2.45) is 0 Å². The molecule has 0 spiro atoms. The van der Waals surface area contributed by atoms with Crippen LogP contribution in [0.5, 0.6) is 5.75 Å². The van der Waals surface area contributed by atoms with Gasteiger partial charge in [-0.3, -0.25) is 4.79 Å². The van der Waals surface area contributed by atoms with E-state index in [2.05, 4.69) is 0 Å². The zero-order chi connectivity index (χ0) is 13.9. The number of carbonyl (C=O) groups excluding carboxylic acids is 1. The van der Waals surface area contributed by atoms with Gasteiger partial charge < -0.3 is 4.74 Å². The minimum atomic E-state index is -0.434. The first-order valence-corrected chi connectivity index (χ1v) is 6.34. The number of rotatable bonds is 4. The highest BCUT2D eigenvalue weighted by Crippen LogP contribution is 2.27. The molecule has 2 heteroatoms. The summed E-state index contributed by atoms with van der Waals surface area (Å²) in [7, 11) is 0. The van der Waals surface area contributed by atoms with E-state index in [0.717, 1.165) is 5.56 Å². The Labute approximate surface area is 114 Å². The number of hydrogen-bond acceptors (Lipinski definition) is 2. The van der Waals surface area contributed by atoms with Gasteiger partial charge in [0.2, 0.25) is 0 Å². The maximum Gasteiger partial charge on any atom is 0.159 e. The molecule has 0 aromatic heterocycles. The molecule has 0 atom stereocenters. The highest BCUT2D eigenvalue weighted by Gasteiger charge is 2.22. The van der Waals surface area contributed by atoms with Crippen LogP contribution in [0, 0.1) is 0 Å². The Morgan fingerprint density at radius 3 is 2.32 bits per heavy atom. The molecule has 0 aliphatic carbocycles. The predicted molar refractivity (Wildman–Crippen MR) is 76.5 cm³/mol. The normalized spacial score (nSPS) is 11.1. The fourth-order valence-corrected chi connectivity index (χ4v) is 1.97. The van der Waals surface area contributed by atoms with Crippen molar-refractivity contribution in [3.63, 3.8) is 0 Å². The van der Waals surface area contributed by atoms with E-state index in [1.165, 1.54) is 0 Å². The molecule has 2 aromatic carbocycles. The van der Waals surface area contributed by atoms with Crippen molar-refractivity contribution in [2.75, 3.05) is 0 Å². The molecule has 0 saturated heterocycles. The van der Waals surface area contributed by atoms with Gasteiger partial charge in [0.05, 0.1) is 0 Å². The standard InChI is InChI=1S/C17H18O2/c1-13(18)14-8-7-11-16(12-14)19-17(2,3)15-9-5-4-6-10-15/h4-12H,1-3H3. The molecule has 0 fully saturated rings. The van der Waals surface area contributed by atoms with E-state index in [1.54, 1.807) is 19.1 Å². The van der Waals surface area contributed by atoms with Gasteiger partial charge in [-0.15, -0.1) is 0 Å². The molecule has 0 aliphatic heterocycles. The average molecular weight is 254 g/mol. The van der Waals surface area contributed by atoms with E-state index >= 15 is 0 Å². The Bertz CT molecular complexity index is 571. The van der Waals surface area contributed by atoms with Crippen molar-refractivity contribution in [1.29, 1.82) is 0 Å². The van der Waals surface area contributed by atoms with E-state index in [1.807, 2.05) is 56.3 Å². The van der Waals surface area contributed by atoms with Crippen LogP contribution in [0.4, 0.5) is 0 Å². The van der Waals surface area contributed by atoms with Crippen LogP contribution in [0.15, 0.2) is 54.6 Å². The average Bonchev–Trinajstić information content (AvgIpc) is 2.39. The first-order valence-electron chi connectivity index (χ1n) is 6.34. The molecule has 0 N–H and O–H groups in total. The van der Waals surface area contributed by atoms with Crippen LogP contribution in [0.25, 0.3) is 0 Å². The lowest BCUT2D eigenvalue weighted by Gasteiger charge is -2.27. The minimum absolute atomic E-state index is 0.0444. The zero-order valence-corrected chi connectivity index (χ0v) is 11.5. The molecule has 0 saturated carbocycles. The lowest BCUT2D eigenvalue weighted by molar-refractivity contribution is 0.100. The van der Waals surface area contributed by atoms with Crippen LogP contribution in [0.1, 0.15) is 36.7 Å². The van der Waals surface area contributed by atoms with E-state index in [9.17, 15) is 4.79 Å². The summed E-state index contributed by atoms with van der Waals surface area (Å²) >= 11 is 0. The molecule has 2 nitrogen and oxygen atoms in total. The van der Waals surface area contributed by atoms with Crippen molar-refractivity contribution in [3.8, 4) is 5.75 Å².